The van der Waals surface area contributed by atoms with Gasteiger partial charge in [0.15, 0.2) is 5.82 Å². The van der Waals surface area contributed by atoms with Crippen molar-refractivity contribution in [1.82, 2.24) is 29.9 Å². The van der Waals surface area contributed by atoms with Gasteiger partial charge in [-0.05, 0) is 59.8 Å². The minimum absolute atomic E-state index is 0. The minimum Gasteiger partial charge on any atom is -1.00 e. The zero-order valence-electron chi connectivity index (χ0n) is 40.3. The van der Waals surface area contributed by atoms with E-state index in [0.717, 1.165) is 0 Å². The van der Waals surface area contributed by atoms with Crippen LogP contribution in [0.3, 0.4) is 0 Å². The van der Waals surface area contributed by atoms with Crippen molar-refractivity contribution in [3.8, 4) is 17.6 Å². The number of nitrogens with zero attached hydrogens (tertiary/aromatic N) is 5. The van der Waals surface area contributed by atoms with E-state index in [1.165, 1.54) is 22.9 Å². The molecule has 0 aromatic carbocycles. The molecule has 2 aliphatic carbocycles. The monoisotopic (exact) mass is 934 g/mol. The maximum Gasteiger partial charge on any atom is 1.00 e. The fourth-order valence-corrected chi connectivity index (χ4v) is 6.35. The van der Waals surface area contributed by atoms with Crippen LogP contribution in [0.1, 0.15) is 96.9 Å². The minimum atomic E-state index is -1.86. The number of H-pyrrole nitrogens is 1. The summed E-state index contributed by atoms with van der Waals surface area (Å²) in [6, 6.07) is 9.25. The van der Waals surface area contributed by atoms with Crippen LogP contribution < -0.4 is 118 Å². The van der Waals surface area contributed by atoms with E-state index in [9.17, 15) is 9.59 Å². The number of halogens is 3. The molecule has 2 aliphatic rings. The van der Waals surface area contributed by atoms with Gasteiger partial charge in [0.25, 0.3) is 6.47 Å². The van der Waals surface area contributed by atoms with Crippen molar-refractivity contribution >= 4 is 53.2 Å². The smallest absolute Gasteiger partial charge is 1.00 e. The number of rotatable bonds is 12. The predicted molar refractivity (Wildman–Crippen MR) is 212 cm³/mol. The summed E-state index contributed by atoms with van der Waals surface area (Å²) in [4.78, 5) is 42.1. The first-order valence-corrected chi connectivity index (χ1v) is 18.8. The Kier molecular flexibility index (Phi) is 20.4. The molecule has 6 rings (SSSR count). The van der Waals surface area contributed by atoms with Gasteiger partial charge in [-0.25, -0.2) is 29.3 Å². The number of esters is 2. The summed E-state index contributed by atoms with van der Waals surface area (Å²) in [5.41, 5.74) is -0.0281. The second kappa shape index (κ2) is 24.6. The Hall–Kier alpha value is -1.17. The Morgan fingerprint density at radius 1 is 0.814 bits per heavy atom. The van der Waals surface area contributed by atoms with Gasteiger partial charge in [0.2, 0.25) is 11.8 Å². The van der Waals surface area contributed by atoms with Crippen LogP contribution >= 0.6 is 34.8 Å². The average molecular weight is 936 g/mol. The summed E-state index contributed by atoms with van der Waals surface area (Å²) < 4.78 is 54.8. The van der Waals surface area contributed by atoms with Gasteiger partial charge < -0.3 is 30.5 Å². The Balaban J connectivity index is 0.000000940. The summed E-state index contributed by atoms with van der Waals surface area (Å²) in [6.07, 6.45) is 3.14. The molecular formula is C39H51Cl3K2N6O9. The standard InChI is InChI=1S/C19H24ClN3O3.C11H18N2O.C8H7Cl2NO2.CH2O3.2K.H/c1-6-25-17(24)12-7-8-14(21-16(12)20)23-10-9-15(22-23)26-11-13-18(2,3)19(13,4)5;1-10(2)8(11(10,3)4)7-14-9-5-6-12-13-9;1-2-13-8(12)5-3-4-6(9)11-7(5)10;2-1-4-3;;;/h7-10,13H,6,11H2,1-5H3;5-6,8H,7H2,1-4H3,(H,12,13);3-4H,2H2,1H3;1,3H;;;/q;;;;2*+1;-1/p-1/i11D2;7D2;;;;;. The van der Waals surface area contributed by atoms with E-state index < -0.39 is 25.1 Å². The molecule has 0 aliphatic heterocycles. The van der Waals surface area contributed by atoms with Gasteiger partial charge in [0, 0.05) is 30.2 Å². The molecule has 20 heteroatoms. The summed E-state index contributed by atoms with van der Waals surface area (Å²) in [5.74, 6) is -0.500. The van der Waals surface area contributed by atoms with Crippen LogP contribution in [-0.4, -0.2) is 74.7 Å². The number of aromatic nitrogens is 6. The van der Waals surface area contributed by atoms with Gasteiger partial charge in [-0.2, -0.15) is 5.10 Å². The first-order valence-electron chi connectivity index (χ1n) is 19.7. The van der Waals surface area contributed by atoms with Crippen LogP contribution in [0.4, 0.5) is 0 Å². The first-order chi connectivity index (χ1) is 28.2. The molecule has 0 bridgehead atoms. The van der Waals surface area contributed by atoms with Gasteiger partial charge >= 0.3 is 115 Å². The quantitative estimate of drug-likeness (QED) is 0.0541. The van der Waals surface area contributed by atoms with Crippen molar-refractivity contribution in [2.24, 2.45) is 33.5 Å². The van der Waals surface area contributed by atoms with E-state index in [1.54, 1.807) is 44.4 Å². The second-order valence-electron chi connectivity index (χ2n) is 14.8. The molecule has 2 saturated carbocycles. The zero-order chi connectivity index (χ0) is 46.4. The number of hydrogen-bond acceptors (Lipinski definition) is 13. The topological polar surface area (TPSA) is 193 Å². The van der Waals surface area contributed by atoms with Gasteiger partial charge in [-0.15, -0.1) is 5.10 Å². The third kappa shape index (κ3) is 14.7. The molecule has 4 aromatic rings. The molecule has 314 valence electrons. The molecule has 0 amide bonds. The molecule has 4 heterocycles. The van der Waals surface area contributed by atoms with E-state index in [-0.39, 0.29) is 183 Å². The van der Waals surface area contributed by atoms with Crippen molar-refractivity contribution < 1.29 is 153 Å². The van der Waals surface area contributed by atoms with Crippen LogP contribution in [-0.2, 0) is 19.2 Å². The fourth-order valence-electron chi connectivity index (χ4n) is 5.70. The average Bonchev–Trinajstić information content (AvgIpc) is 3.54. The number of carbonyl (C=O) groups is 3. The third-order valence-electron chi connectivity index (χ3n) is 10.6. The molecule has 2 fully saturated rings. The second-order valence-corrected chi connectivity index (χ2v) is 15.9. The van der Waals surface area contributed by atoms with Crippen molar-refractivity contribution in [2.75, 3.05) is 26.3 Å². The molecule has 0 spiro atoms. The van der Waals surface area contributed by atoms with Crippen molar-refractivity contribution in [1.29, 1.82) is 0 Å². The Labute approximate surface area is 452 Å². The van der Waals surface area contributed by atoms with Gasteiger partial charge in [-0.1, -0.05) is 90.2 Å². The Morgan fingerprint density at radius 3 is 1.69 bits per heavy atom. The normalized spacial score (nSPS) is 17.4. The van der Waals surface area contributed by atoms with Crippen LogP contribution in [0.5, 0.6) is 11.8 Å². The number of ether oxygens (including phenoxy) is 4. The number of carbonyl (C=O) groups excluding carboxylic acids is 3. The van der Waals surface area contributed by atoms with E-state index in [2.05, 4.69) is 57.8 Å². The summed E-state index contributed by atoms with van der Waals surface area (Å²) in [6.45, 7) is 16.7. The predicted octanol–water partition coefficient (Wildman–Crippen LogP) is 1.75. The van der Waals surface area contributed by atoms with Crippen LogP contribution in [0.25, 0.3) is 5.82 Å². The zero-order valence-corrected chi connectivity index (χ0v) is 43.8. The van der Waals surface area contributed by atoms with E-state index in [4.69, 9.17) is 69.3 Å². The summed E-state index contributed by atoms with van der Waals surface area (Å²) in [5, 5.41) is 19.3. The van der Waals surface area contributed by atoms with Crippen molar-refractivity contribution in [2.45, 2.75) is 69.2 Å². The molecular weight excluding hydrogens is 881 g/mol. The molecule has 0 radical (unpaired) electrons. The maximum atomic E-state index is 11.8. The third-order valence-corrected chi connectivity index (χ3v) is 11.3. The number of pyridine rings is 2. The van der Waals surface area contributed by atoms with Crippen molar-refractivity contribution in [3.05, 3.63) is 75.4 Å². The van der Waals surface area contributed by atoms with Gasteiger partial charge in [-0.3, -0.25) is 4.79 Å². The fraction of sp³-hybridized carbons (Fsp3) is 0.513. The van der Waals surface area contributed by atoms with Gasteiger partial charge in [0.05, 0.1) is 49.1 Å². The number of aromatic amines is 1. The maximum absolute atomic E-state index is 11.8. The first kappa shape index (κ1) is 48.9. The summed E-state index contributed by atoms with van der Waals surface area (Å²) >= 11 is 17.3. The number of hydrogen-bond donors (Lipinski definition) is 1. The molecule has 4 aromatic heterocycles. The van der Waals surface area contributed by atoms with E-state index in [0.29, 0.717) is 18.3 Å². The van der Waals surface area contributed by atoms with E-state index >= 15 is 0 Å². The molecule has 59 heavy (non-hydrogen) atoms. The Bertz CT molecular complexity index is 2120. The SMILES string of the molecule is CCOC(=O)c1ccc(Cl)nc1Cl.O=CO[O-].[2H]C([2H])(Oc1ccn(-c2ccc(C(=O)OCC)c(Cl)n2)n1)C1C(C)(C)C1(C)C.[2H]C([2H])(Oc1ccn[nH]1)C1C(C)(C)C1(C)C.[H-].[K+].[K+]. The van der Waals surface area contributed by atoms with Crippen LogP contribution in [0.2, 0.25) is 15.5 Å². The Morgan fingerprint density at radius 2 is 1.29 bits per heavy atom. The van der Waals surface area contributed by atoms with E-state index in [1.807, 2.05) is 27.7 Å². The molecule has 0 unspecified atom stereocenters. The van der Waals surface area contributed by atoms with Gasteiger partial charge in [0.1, 0.15) is 15.5 Å². The molecule has 0 atom stereocenters. The molecule has 0 saturated heterocycles. The number of nitrogens with one attached hydrogen (secondary N) is 1. The molecule has 1 N–H and O–H groups in total. The molecule has 15 nitrogen and oxygen atoms in total. The van der Waals surface area contributed by atoms with Crippen molar-refractivity contribution in [3.63, 3.8) is 0 Å². The summed E-state index contributed by atoms with van der Waals surface area (Å²) in [7, 11) is 0. The largest absolute Gasteiger partial charge is 1.00 e. The van der Waals surface area contributed by atoms with Crippen LogP contribution in [0.15, 0.2) is 48.8 Å². The van der Waals surface area contributed by atoms with Crippen LogP contribution in [0, 0.1) is 33.5 Å².